The van der Waals surface area contributed by atoms with Gasteiger partial charge in [0.15, 0.2) is 0 Å². The van der Waals surface area contributed by atoms with E-state index in [4.69, 9.17) is 9.51 Å². The van der Waals surface area contributed by atoms with Crippen LogP contribution in [0.4, 0.5) is 0 Å². The highest BCUT2D eigenvalue weighted by Gasteiger charge is 2.33. The number of imidazole rings is 1. The maximum absolute atomic E-state index is 5.63. The van der Waals surface area contributed by atoms with Gasteiger partial charge in [0.25, 0.3) is 0 Å². The standard InChI is InChI=1S/C20H28N4O/c1-23-17-9-4-3-8-15(17)21-20(23)18-10-6-12-24(18)13-16-14-7-2-5-11-19(14)25-22-16/h18H,2-13H2,1H3. The lowest BCUT2D eigenvalue weighted by molar-refractivity contribution is 0.228. The zero-order valence-electron chi connectivity index (χ0n) is 15.3. The van der Waals surface area contributed by atoms with Crippen LogP contribution >= 0.6 is 0 Å². The van der Waals surface area contributed by atoms with Gasteiger partial charge in [0.05, 0.1) is 11.7 Å². The molecule has 0 spiro atoms. The summed E-state index contributed by atoms with van der Waals surface area (Å²) in [5, 5.41) is 4.43. The summed E-state index contributed by atoms with van der Waals surface area (Å²) in [6.07, 6.45) is 12.2. The average molecular weight is 340 g/mol. The van der Waals surface area contributed by atoms with Crippen LogP contribution in [0.5, 0.6) is 0 Å². The molecule has 0 amide bonds. The normalized spacial score (nSPS) is 23.6. The summed E-state index contributed by atoms with van der Waals surface area (Å²) >= 11 is 0. The highest BCUT2D eigenvalue weighted by atomic mass is 16.5. The van der Waals surface area contributed by atoms with E-state index in [1.807, 2.05) is 0 Å². The van der Waals surface area contributed by atoms with Crippen LogP contribution in [0.3, 0.4) is 0 Å². The van der Waals surface area contributed by atoms with Gasteiger partial charge in [-0.15, -0.1) is 0 Å². The molecule has 0 N–H and O–H groups in total. The molecule has 5 rings (SSSR count). The molecule has 1 unspecified atom stereocenters. The first kappa shape index (κ1) is 15.6. The van der Waals surface area contributed by atoms with Crippen molar-refractivity contribution in [2.75, 3.05) is 6.54 Å². The predicted molar refractivity (Wildman–Crippen MR) is 95.4 cm³/mol. The minimum absolute atomic E-state index is 0.437. The van der Waals surface area contributed by atoms with Crippen molar-refractivity contribution in [1.82, 2.24) is 19.6 Å². The molecule has 2 aromatic heterocycles. The summed E-state index contributed by atoms with van der Waals surface area (Å²) in [6.45, 7) is 2.06. The quantitative estimate of drug-likeness (QED) is 0.858. The van der Waals surface area contributed by atoms with E-state index in [0.717, 1.165) is 38.1 Å². The van der Waals surface area contributed by atoms with Crippen molar-refractivity contribution in [2.24, 2.45) is 7.05 Å². The molecule has 1 aliphatic heterocycles. The summed E-state index contributed by atoms with van der Waals surface area (Å²) in [5.41, 5.74) is 5.41. The fourth-order valence-corrected chi connectivity index (χ4v) is 5.08. The zero-order valence-corrected chi connectivity index (χ0v) is 15.3. The molecule has 0 radical (unpaired) electrons. The maximum Gasteiger partial charge on any atom is 0.140 e. The highest BCUT2D eigenvalue weighted by Crippen LogP contribution is 2.36. The predicted octanol–water partition coefficient (Wildman–Crippen LogP) is 3.50. The fourth-order valence-electron chi connectivity index (χ4n) is 5.08. The molecule has 134 valence electrons. The Morgan fingerprint density at radius 3 is 2.80 bits per heavy atom. The lowest BCUT2D eigenvalue weighted by atomic mass is 9.96. The lowest BCUT2D eigenvalue weighted by Gasteiger charge is -2.24. The van der Waals surface area contributed by atoms with E-state index >= 15 is 0 Å². The molecule has 5 nitrogen and oxygen atoms in total. The summed E-state index contributed by atoms with van der Waals surface area (Å²) in [4.78, 5) is 7.66. The van der Waals surface area contributed by atoms with Gasteiger partial charge >= 0.3 is 0 Å². The Hall–Kier alpha value is -1.62. The lowest BCUT2D eigenvalue weighted by Crippen LogP contribution is -2.26. The molecule has 1 saturated heterocycles. The zero-order chi connectivity index (χ0) is 16.8. The number of fused-ring (bicyclic) bond motifs is 2. The van der Waals surface area contributed by atoms with Crippen molar-refractivity contribution >= 4 is 0 Å². The third-order valence-corrected chi connectivity index (χ3v) is 6.45. The Balaban J connectivity index is 1.41. The van der Waals surface area contributed by atoms with E-state index < -0.39 is 0 Å². The molecule has 0 saturated carbocycles. The van der Waals surface area contributed by atoms with Crippen molar-refractivity contribution in [3.8, 4) is 0 Å². The van der Waals surface area contributed by atoms with Crippen molar-refractivity contribution in [2.45, 2.75) is 76.8 Å². The van der Waals surface area contributed by atoms with E-state index in [2.05, 4.69) is 21.7 Å². The van der Waals surface area contributed by atoms with Gasteiger partial charge in [-0.2, -0.15) is 0 Å². The van der Waals surface area contributed by atoms with Gasteiger partial charge in [-0.3, -0.25) is 4.90 Å². The second-order valence-electron chi connectivity index (χ2n) is 8.00. The van der Waals surface area contributed by atoms with Gasteiger partial charge in [-0.05, 0) is 64.3 Å². The smallest absolute Gasteiger partial charge is 0.140 e. The van der Waals surface area contributed by atoms with Crippen LogP contribution in [-0.4, -0.2) is 26.2 Å². The number of aromatic nitrogens is 3. The Labute approximate surface area is 149 Å². The Morgan fingerprint density at radius 1 is 1.04 bits per heavy atom. The van der Waals surface area contributed by atoms with E-state index in [9.17, 15) is 0 Å². The number of aryl methyl sites for hydroxylation is 2. The largest absolute Gasteiger partial charge is 0.361 e. The third kappa shape index (κ3) is 2.64. The number of nitrogens with zero attached hydrogens (tertiary/aromatic N) is 4. The maximum atomic E-state index is 5.63. The first-order chi connectivity index (χ1) is 12.3. The summed E-state index contributed by atoms with van der Waals surface area (Å²) in [7, 11) is 2.22. The Bertz CT molecular complexity index is 775. The average Bonchev–Trinajstić information content (AvgIpc) is 3.34. The van der Waals surface area contributed by atoms with Crippen molar-refractivity contribution < 1.29 is 4.52 Å². The second-order valence-corrected chi connectivity index (χ2v) is 8.00. The van der Waals surface area contributed by atoms with Crippen molar-refractivity contribution in [3.05, 3.63) is 34.2 Å². The van der Waals surface area contributed by atoms with Crippen LogP contribution in [0, 0.1) is 0 Å². The Kier molecular flexibility index (Phi) is 3.92. The topological polar surface area (TPSA) is 47.1 Å². The summed E-state index contributed by atoms with van der Waals surface area (Å²) in [6, 6.07) is 0.437. The molecule has 5 heteroatoms. The van der Waals surface area contributed by atoms with Crippen LogP contribution < -0.4 is 0 Å². The summed E-state index contributed by atoms with van der Waals surface area (Å²) in [5.74, 6) is 2.42. The molecule has 2 aromatic rings. The molecule has 1 fully saturated rings. The second kappa shape index (κ2) is 6.27. The minimum atomic E-state index is 0.437. The minimum Gasteiger partial charge on any atom is -0.361 e. The van der Waals surface area contributed by atoms with Gasteiger partial charge in [0.2, 0.25) is 0 Å². The molecular weight excluding hydrogens is 312 g/mol. The van der Waals surface area contributed by atoms with Crippen LogP contribution in [0.1, 0.15) is 78.8 Å². The molecule has 0 bridgehead atoms. The van der Waals surface area contributed by atoms with Crippen LogP contribution in [-0.2, 0) is 39.3 Å². The molecule has 25 heavy (non-hydrogen) atoms. The van der Waals surface area contributed by atoms with Crippen LogP contribution in [0.15, 0.2) is 4.52 Å². The van der Waals surface area contributed by atoms with E-state index in [0.29, 0.717) is 6.04 Å². The monoisotopic (exact) mass is 340 g/mol. The number of hydrogen-bond acceptors (Lipinski definition) is 4. The van der Waals surface area contributed by atoms with Crippen molar-refractivity contribution in [3.63, 3.8) is 0 Å². The first-order valence-corrected chi connectivity index (χ1v) is 10.1. The van der Waals surface area contributed by atoms with Gasteiger partial charge in [0, 0.05) is 31.3 Å². The fraction of sp³-hybridized carbons (Fsp3) is 0.700. The first-order valence-electron chi connectivity index (χ1n) is 10.1. The number of hydrogen-bond donors (Lipinski definition) is 0. The van der Waals surface area contributed by atoms with E-state index in [1.165, 1.54) is 73.4 Å². The molecule has 3 heterocycles. The van der Waals surface area contributed by atoms with Gasteiger partial charge < -0.3 is 9.09 Å². The van der Waals surface area contributed by atoms with E-state index in [1.54, 1.807) is 0 Å². The van der Waals surface area contributed by atoms with Crippen molar-refractivity contribution in [1.29, 1.82) is 0 Å². The van der Waals surface area contributed by atoms with Crippen LogP contribution in [0.2, 0.25) is 0 Å². The SMILES string of the molecule is Cn1c(C2CCCN2Cc2noc3c2CCCC3)nc2c1CCCC2. The molecular formula is C20H28N4O. The molecule has 1 atom stereocenters. The highest BCUT2D eigenvalue weighted by molar-refractivity contribution is 5.26. The third-order valence-electron chi connectivity index (χ3n) is 6.45. The molecule has 2 aliphatic carbocycles. The van der Waals surface area contributed by atoms with Gasteiger partial charge in [-0.25, -0.2) is 4.98 Å². The molecule has 3 aliphatic rings. The Morgan fingerprint density at radius 2 is 1.88 bits per heavy atom. The van der Waals surface area contributed by atoms with E-state index in [-0.39, 0.29) is 0 Å². The number of rotatable bonds is 3. The summed E-state index contributed by atoms with van der Waals surface area (Å²) < 4.78 is 8.03. The van der Waals surface area contributed by atoms with Crippen LogP contribution in [0.25, 0.3) is 0 Å². The molecule has 0 aromatic carbocycles. The van der Waals surface area contributed by atoms with Gasteiger partial charge in [0.1, 0.15) is 17.3 Å². The number of likely N-dealkylation sites (tertiary alicyclic amines) is 1. The van der Waals surface area contributed by atoms with Gasteiger partial charge in [-0.1, -0.05) is 5.16 Å².